The van der Waals surface area contributed by atoms with Crippen LogP contribution in [0.2, 0.25) is 0 Å². The second kappa shape index (κ2) is 10.6. The Labute approximate surface area is 193 Å². The Hall–Kier alpha value is -1.46. The second-order valence-corrected chi connectivity index (χ2v) is 10.7. The van der Waals surface area contributed by atoms with Gasteiger partial charge in [-0.15, -0.1) is 11.8 Å². The number of hydrogen-bond donors (Lipinski definition) is 0. The van der Waals surface area contributed by atoms with Crippen molar-refractivity contribution in [1.82, 2.24) is 0 Å². The molecule has 0 amide bonds. The molecule has 0 N–H and O–H groups in total. The van der Waals surface area contributed by atoms with E-state index in [0.717, 1.165) is 23.1 Å². The largest absolute Gasteiger partial charge is 0.368 e. The van der Waals surface area contributed by atoms with E-state index in [0.29, 0.717) is 13.2 Å². The van der Waals surface area contributed by atoms with Crippen molar-refractivity contribution >= 4 is 21.9 Å². The molecule has 2 aliphatic rings. The minimum atomic E-state index is -3.75. The van der Waals surface area contributed by atoms with E-state index in [1.807, 2.05) is 67.6 Å². The summed E-state index contributed by atoms with van der Waals surface area (Å²) in [6.07, 6.45) is -2.04. The van der Waals surface area contributed by atoms with Gasteiger partial charge in [0.2, 0.25) is 0 Å². The van der Waals surface area contributed by atoms with Crippen LogP contribution in [-0.2, 0) is 39.9 Å². The lowest BCUT2D eigenvalue weighted by Crippen LogP contribution is -2.62. The number of benzene rings is 2. The van der Waals surface area contributed by atoms with Crippen LogP contribution in [0.5, 0.6) is 0 Å². The van der Waals surface area contributed by atoms with E-state index in [1.54, 1.807) is 0 Å². The van der Waals surface area contributed by atoms with Crippen molar-refractivity contribution in [3.63, 3.8) is 0 Å². The second-order valence-electron chi connectivity index (χ2n) is 7.70. The Morgan fingerprint density at radius 2 is 1.69 bits per heavy atom. The lowest BCUT2D eigenvalue weighted by molar-refractivity contribution is -0.322. The van der Waals surface area contributed by atoms with Gasteiger partial charge in [0.05, 0.1) is 19.5 Å². The molecule has 2 aliphatic heterocycles. The average molecular weight is 481 g/mol. The van der Waals surface area contributed by atoms with Gasteiger partial charge in [0.15, 0.2) is 6.29 Å². The summed E-state index contributed by atoms with van der Waals surface area (Å²) in [5.74, 6) is 0.728. The van der Waals surface area contributed by atoms with Crippen molar-refractivity contribution < 1.29 is 31.5 Å². The van der Waals surface area contributed by atoms with Crippen LogP contribution in [0.4, 0.5) is 0 Å². The molecular weight excluding hydrogens is 452 g/mol. The van der Waals surface area contributed by atoms with Crippen LogP contribution >= 0.6 is 11.8 Å². The Morgan fingerprint density at radius 1 is 1.00 bits per heavy atom. The molecule has 32 heavy (non-hydrogen) atoms. The topological polar surface area (TPSA) is 80.3 Å². The van der Waals surface area contributed by atoms with Crippen molar-refractivity contribution in [3.05, 3.63) is 71.8 Å². The molecule has 9 heteroatoms. The smallest absolute Gasteiger partial charge is 0.264 e. The van der Waals surface area contributed by atoms with Gasteiger partial charge in [-0.25, -0.2) is 0 Å². The molecule has 0 bridgehead atoms. The van der Waals surface area contributed by atoms with Crippen LogP contribution in [-0.4, -0.2) is 56.9 Å². The number of rotatable bonds is 8. The zero-order chi connectivity index (χ0) is 22.6. The van der Waals surface area contributed by atoms with Crippen molar-refractivity contribution in [2.75, 3.05) is 18.6 Å². The highest BCUT2D eigenvalue weighted by Gasteiger charge is 2.52. The predicted molar refractivity (Wildman–Crippen MR) is 122 cm³/mol. The molecular formula is C23H28O7S2. The standard InChI is InChI=1S/C23H28O7S2/c1-3-31-23-21(30-32(2,24)25)20(26-14-16-10-6-4-7-11-16)19-18(28-23)15-27-22(29-19)17-12-8-5-9-13-17/h4-13,18-23H,3,14-15H2,1-2H3/t18-,19-,20+,21+,22?,23-/m1/s1. The van der Waals surface area contributed by atoms with Crippen LogP contribution < -0.4 is 0 Å². The minimum Gasteiger partial charge on any atom is -0.368 e. The highest BCUT2D eigenvalue weighted by molar-refractivity contribution is 7.99. The Bertz CT molecular complexity index is 955. The lowest BCUT2D eigenvalue weighted by Gasteiger charge is -2.48. The van der Waals surface area contributed by atoms with E-state index in [-0.39, 0.29) is 0 Å². The summed E-state index contributed by atoms with van der Waals surface area (Å²) in [6.45, 7) is 2.58. The molecule has 2 fully saturated rings. The van der Waals surface area contributed by atoms with E-state index >= 15 is 0 Å². The van der Waals surface area contributed by atoms with Crippen LogP contribution in [0.15, 0.2) is 60.7 Å². The average Bonchev–Trinajstić information content (AvgIpc) is 2.79. The lowest BCUT2D eigenvalue weighted by atomic mass is 9.98. The van der Waals surface area contributed by atoms with Crippen molar-refractivity contribution in [2.45, 2.75) is 49.7 Å². The molecule has 4 rings (SSSR count). The normalized spacial score (nSPS) is 30.6. The first kappa shape index (κ1) is 23.7. The summed E-state index contributed by atoms with van der Waals surface area (Å²) >= 11 is 1.48. The van der Waals surface area contributed by atoms with E-state index < -0.39 is 46.3 Å². The molecule has 0 aromatic heterocycles. The van der Waals surface area contributed by atoms with Gasteiger partial charge in [-0.05, 0) is 11.3 Å². The summed E-state index contributed by atoms with van der Waals surface area (Å²) in [5, 5.41) is 0. The zero-order valence-corrected chi connectivity index (χ0v) is 19.7. The summed E-state index contributed by atoms with van der Waals surface area (Å²) in [5.41, 5.74) is 1.32. The molecule has 2 saturated heterocycles. The van der Waals surface area contributed by atoms with Gasteiger partial charge < -0.3 is 18.9 Å². The third-order valence-electron chi connectivity index (χ3n) is 5.26. The molecule has 0 aliphatic carbocycles. The maximum atomic E-state index is 12.1. The fraction of sp³-hybridized carbons (Fsp3) is 0.478. The third kappa shape index (κ3) is 5.91. The fourth-order valence-electron chi connectivity index (χ4n) is 3.89. The number of ether oxygens (including phenoxy) is 4. The van der Waals surface area contributed by atoms with E-state index in [4.69, 9.17) is 23.1 Å². The Balaban J connectivity index is 1.62. The van der Waals surface area contributed by atoms with E-state index in [2.05, 4.69) is 0 Å². The van der Waals surface area contributed by atoms with Crippen LogP contribution in [0.3, 0.4) is 0 Å². The monoisotopic (exact) mass is 480 g/mol. The molecule has 174 valence electrons. The van der Waals surface area contributed by atoms with Gasteiger partial charge in [0.25, 0.3) is 10.1 Å². The van der Waals surface area contributed by atoms with Crippen molar-refractivity contribution in [1.29, 1.82) is 0 Å². The van der Waals surface area contributed by atoms with Gasteiger partial charge >= 0.3 is 0 Å². The van der Waals surface area contributed by atoms with Gasteiger partial charge in [-0.2, -0.15) is 8.42 Å². The summed E-state index contributed by atoms with van der Waals surface area (Å²) in [6, 6.07) is 19.3. The van der Waals surface area contributed by atoms with E-state index in [1.165, 1.54) is 11.8 Å². The number of fused-ring (bicyclic) bond motifs is 1. The van der Waals surface area contributed by atoms with Gasteiger partial charge in [0.1, 0.15) is 29.9 Å². The van der Waals surface area contributed by atoms with Gasteiger partial charge in [0, 0.05) is 5.56 Å². The van der Waals surface area contributed by atoms with E-state index in [9.17, 15) is 8.42 Å². The molecule has 6 atom stereocenters. The summed E-state index contributed by atoms with van der Waals surface area (Å²) in [4.78, 5) is 0. The van der Waals surface area contributed by atoms with Crippen molar-refractivity contribution in [3.8, 4) is 0 Å². The zero-order valence-electron chi connectivity index (χ0n) is 18.0. The SMILES string of the molecule is CCS[C@H]1O[C@@H]2COC(c3ccccc3)O[C@H]2[C@H](OCc2ccccc2)[C@@H]1OS(C)(=O)=O. The predicted octanol–water partition coefficient (Wildman–Crippen LogP) is 3.51. The number of thioether (sulfide) groups is 1. The van der Waals surface area contributed by atoms with Gasteiger partial charge in [-0.1, -0.05) is 67.6 Å². The third-order valence-corrected chi connectivity index (χ3v) is 6.87. The molecule has 0 spiro atoms. The molecule has 2 heterocycles. The molecule has 2 aromatic rings. The van der Waals surface area contributed by atoms with Crippen molar-refractivity contribution in [2.24, 2.45) is 0 Å². The molecule has 1 unspecified atom stereocenters. The van der Waals surface area contributed by atoms with Gasteiger partial charge in [-0.3, -0.25) is 4.18 Å². The first-order valence-electron chi connectivity index (χ1n) is 10.6. The summed E-state index contributed by atoms with van der Waals surface area (Å²) in [7, 11) is -3.75. The fourth-order valence-corrected chi connectivity index (χ4v) is 5.52. The molecule has 2 aromatic carbocycles. The highest BCUT2D eigenvalue weighted by Crippen LogP contribution is 2.39. The quantitative estimate of drug-likeness (QED) is 0.531. The van der Waals surface area contributed by atoms with Crippen LogP contribution in [0, 0.1) is 0 Å². The molecule has 0 saturated carbocycles. The first-order valence-corrected chi connectivity index (χ1v) is 13.4. The molecule has 0 radical (unpaired) electrons. The maximum Gasteiger partial charge on any atom is 0.264 e. The highest BCUT2D eigenvalue weighted by atomic mass is 32.2. The minimum absolute atomic E-state index is 0.294. The summed E-state index contributed by atoms with van der Waals surface area (Å²) < 4.78 is 54.5. The first-order chi connectivity index (χ1) is 15.4. The molecule has 7 nitrogen and oxygen atoms in total. The maximum absolute atomic E-state index is 12.1. The number of hydrogen-bond acceptors (Lipinski definition) is 8. The Morgan fingerprint density at radius 3 is 2.34 bits per heavy atom. The van der Waals surface area contributed by atoms with Crippen LogP contribution in [0.25, 0.3) is 0 Å². The Kier molecular flexibility index (Phi) is 7.88. The van der Waals surface area contributed by atoms with Crippen LogP contribution in [0.1, 0.15) is 24.3 Å².